The summed E-state index contributed by atoms with van der Waals surface area (Å²) in [5.74, 6) is -1.19. The Kier molecular flexibility index (Phi) is 4.15. The van der Waals surface area contributed by atoms with Gasteiger partial charge in [-0.05, 0) is 42.3 Å². The van der Waals surface area contributed by atoms with Crippen molar-refractivity contribution >= 4 is 11.9 Å². The largest absolute Gasteiger partial charge is 0.478 e. The molecular formula is C16H14O4. The molecule has 0 unspecified atom stereocenters. The van der Waals surface area contributed by atoms with Crippen LogP contribution in [0.5, 0.6) is 5.75 Å². The molecule has 0 bridgehead atoms. The zero-order valence-corrected chi connectivity index (χ0v) is 11.0. The molecule has 2 rings (SSSR count). The highest BCUT2D eigenvalue weighted by Gasteiger charge is 2.11. The fourth-order valence-corrected chi connectivity index (χ4v) is 1.77. The summed E-state index contributed by atoms with van der Waals surface area (Å²) in [5, 5.41) is 8.90. The minimum absolute atomic E-state index is 0.0572. The van der Waals surface area contributed by atoms with Crippen molar-refractivity contribution in [3.63, 3.8) is 0 Å². The Balaban J connectivity index is 2.19. The maximum atomic E-state index is 12.0. The first-order chi connectivity index (χ1) is 9.60. The van der Waals surface area contributed by atoms with Gasteiger partial charge in [-0.2, -0.15) is 0 Å². The first-order valence-electron chi connectivity index (χ1n) is 6.24. The molecule has 0 aliphatic carbocycles. The third-order valence-corrected chi connectivity index (χ3v) is 2.86. The predicted octanol–water partition coefficient (Wildman–Crippen LogP) is 3.17. The van der Waals surface area contributed by atoms with Crippen LogP contribution in [-0.4, -0.2) is 17.0 Å². The molecule has 0 atom stereocenters. The zero-order valence-electron chi connectivity index (χ0n) is 11.0. The van der Waals surface area contributed by atoms with E-state index >= 15 is 0 Å². The standard InChI is InChI=1S/C16H14O4/c1-2-11-5-3-8-14(9-11)20-16(19)13-7-4-6-12(10-13)15(17)18/h3-10H,2H2,1H3,(H,17,18). The van der Waals surface area contributed by atoms with Crippen LogP contribution >= 0.6 is 0 Å². The molecule has 0 aliphatic heterocycles. The molecule has 102 valence electrons. The van der Waals surface area contributed by atoms with Crippen molar-refractivity contribution in [2.24, 2.45) is 0 Å². The number of ether oxygens (including phenoxy) is 1. The van der Waals surface area contributed by atoms with Crippen LogP contribution in [0.3, 0.4) is 0 Å². The summed E-state index contributed by atoms with van der Waals surface area (Å²) in [6.45, 7) is 2.01. The van der Waals surface area contributed by atoms with Crippen molar-refractivity contribution in [2.45, 2.75) is 13.3 Å². The van der Waals surface area contributed by atoms with Gasteiger partial charge in [0, 0.05) is 0 Å². The lowest BCUT2D eigenvalue weighted by Crippen LogP contribution is -2.10. The van der Waals surface area contributed by atoms with Crippen molar-refractivity contribution in [3.8, 4) is 5.75 Å². The fraction of sp³-hybridized carbons (Fsp3) is 0.125. The number of benzene rings is 2. The highest BCUT2D eigenvalue weighted by molar-refractivity contribution is 5.95. The molecule has 0 aromatic heterocycles. The third kappa shape index (κ3) is 3.23. The van der Waals surface area contributed by atoms with Crippen molar-refractivity contribution < 1.29 is 19.4 Å². The molecule has 2 aromatic rings. The average Bonchev–Trinajstić information content (AvgIpc) is 2.47. The summed E-state index contributed by atoms with van der Waals surface area (Å²) in [4.78, 5) is 22.8. The van der Waals surface area contributed by atoms with Crippen molar-refractivity contribution in [2.75, 3.05) is 0 Å². The molecule has 0 fully saturated rings. The second kappa shape index (κ2) is 6.02. The Morgan fingerprint density at radius 1 is 1.05 bits per heavy atom. The summed E-state index contributed by atoms with van der Waals surface area (Å²) in [6.07, 6.45) is 0.847. The summed E-state index contributed by atoms with van der Waals surface area (Å²) >= 11 is 0. The number of carbonyl (C=O) groups is 2. The van der Waals surface area contributed by atoms with Crippen LogP contribution in [0.15, 0.2) is 48.5 Å². The van der Waals surface area contributed by atoms with Crippen molar-refractivity contribution in [1.29, 1.82) is 0 Å². The van der Waals surface area contributed by atoms with Crippen LogP contribution in [-0.2, 0) is 6.42 Å². The molecule has 0 spiro atoms. The smallest absolute Gasteiger partial charge is 0.343 e. The van der Waals surface area contributed by atoms with Gasteiger partial charge in [-0.15, -0.1) is 0 Å². The van der Waals surface area contributed by atoms with Gasteiger partial charge < -0.3 is 9.84 Å². The van der Waals surface area contributed by atoms with Gasteiger partial charge in [0.15, 0.2) is 0 Å². The van der Waals surface area contributed by atoms with Crippen LogP contribution < -0.4 is 4.74 Å². The number of aromatic carboxylic acids is 1. The van der Waals surface area contributed by atoms with Crippen LogP contribution in [0.2, 0.25) is 0 Å². The zero-order chi connectivity index (χ0) is 14.5. The lowest BCUT2D eigenvalue weighted by Gasteiger charge is -2.06. The van der Waals surface area contributed by atoms with Gasteiger partial charge in [-0.25, -0.2) is 9.59 Å². The Morgan fingerprint density at radius 3 is 2.45 bits per heavy atom. The van der Waals surface area contributed by atoms with E-state index in [4.69, 9.17) is 9.84 Å². The SMILES string of the molecule is CCc1cccc(OC(=O)c2cccc(C(=O)O)c2)c1. The molecule has 2 aromatic carbocycles. The predicted molar refractivity (Wildman–Crippen MR) is 74.2 cm³/mol. The van der Waals surface area contributed by atoms with Crippen LogP contribution in [0.1, 0.15) is 33.2 Å². The van der Waals surface area contributed by atoms with E-state index < -0.39 is 11.9 Å². The lowest BCUT2D eigenvalue weighted by atomic mass is 10.1. The fourth-order valence-electron chi connectivity index (χ4n) is 1.77. The van der Waals surface area contributed by atoms with E-state index in [9.17, 15) is 9.59 Å². The minimum atomic E-state index is -1.08. The Morgan fingerprint density at radius 2 is 1.75 bits per heavy atom. The monoisotopic (exact) mass is 270 g/mol. The normalized spacial score (nSPS) is 10.1. The number of rotatable bonds is 4. The van der Waals surface area contributed by atoms with E-state index in [0.717, 1.165) is 12.0 Å². The maximum Gasteiger partial charge on any atom is 0.343 e. The molecule has 4 heteroatoms. The van der Waals surface area contributed by atoms with Gasteiger partial charge in [-0.1, -0.05) is 25.1 Å². The van der Waals surface area contributed by atoms with Gasteiger partial charge in [0.2, 0.25) is 0 Å². The number of aryl methyl sites for hydroxylation is 1. The summed E-state index contributed by atoms with van der Waals surface area (Å²) in [5.41, 5.74) is 1.34. The molecule has 0 amide bonds. The molecule has 1 N–H and O–H groups in total. The molecule has 0 aliphatic rings. The number of esters is 1. The number of hydrogen-bond donors (Lipinski definition) is 1. The Hall–Kier alpha value is -2.62. The molecule has 20 heavy (non-hydrogen) atoms. The van der Waals surface area contributed by atoms with Gasteiger partial charge in [0.25, 0.3) is 0 Å². The maximum absolute atomic E-state index is 12.0. The van der Waals surface area contributed by atoms with Crippen LogP contribution in [0.4, 0.5) is 0 Å². The molecular weight excluding hydrogens is 256 g/mol. The topological polar surface area (TPSA) is 63.6 Å². The van der Waals surface area contributed by atoms with E-state index in [1.807, 2.05) is 19.1 Å². The Bertz CT molecular complexity index is 646. The number of hydrogen-bond acceptors (Lipinski definition) is 3. The van der Waals surface area contributed by atoms with Crippen molar-refractivity contribution in [1.82, 2.24) is 0 Å². The lowest BCUT2D eigenvalue weighted by molar-refractivity contribution is 0.0697. The number of carboxylic acids is 1. The van der Waals surface area contributed by atoms with Crippen LogP contribution in [0.25, 0.3) is 0 Å². The first kappa shape index (κ1) is 13.8. The van der Waals surface area contributed by atoms with E-state index in [0.29, 0.717) is 5.75 Å². The van der Waals surface area contributed by atoms with Gasteiger partial charge in [-0.3, -0.25) is 0 Å². The first-order valence-corrected chi connectivity index (χ1v) is 6.24. The average molecular weight is 270 g/mol. The minimum Gasteiger partial charge on any atom is -0.478 e. The second-order valence-electron chi connectivity index (χ2n) is 4.28. The van der Waals surface area contributed by atoms with Gasteiger partial charge >= 0.3 is 11.9 Å². The molecule has 0 saturated heterocycles. The molecule has 0 heterocycles. The summed E-state index contributed by atoms with van der Waals surface area (Å²) in [7, 11) is 0. The second-order valence-corrected chi connectivity index (χ2v) is 4.28. The number of carbonyl (C=O) groups excluding carboxylic acids is 1. The van der Waals surface area contributed by atoms with Gasteiger partial charge in [0.1, 0.15) is 5.75 Å². The van der Waals surface area contributed by atoms with E-state index in [1.165, 1.54) is 24.3 Å². The summed E-state index contributed by atoms with van der Waals surface area (Å²) < 4.78 is 5.25. The van der Waals surface area contributed by atoms with Gasteiger partial charge in [0.05, 0.1) is 11.1 Å². The van der Waals surface area contributed by atoms with Crippen molar-refractivity contribution in [3.05, 3.63) is 65.2 Å². The quantitative estimate of drug-likeness (QED) is 0.684. The third-order valence-electron chi connectivity index (χ3n) is 2.86. The molecule has 0 radical (unpaired) electrons. The van der Waals surface area contributed by atoms with E-state index in [2.05, 4.69) is 0 Å². The van der Waals surface area contributed by atoms with E-state index in [1.54, 1.807) is 12.1 Å². The highest BCUT2D eigenvalue weighted by Crippen LogP contribution is 2.16. The van der Waals surface area contributed by atoms with E-state index in [-0.39, 0.29) is 11.1 Å². The highest BCUT2D eigenvalue weighted by atomic mass is 16.5. The summed E-state index contributed by atoms with van der Waals surface area (Å²) in [6, 6.07) is 13.0. The van der Waals surface area contributed by atoms with Crippen LogP contribution in [0, 0.1) is 0 Å². The molecule has 0 saturated carbocycles. The Labute approximate surface area is 116 Å². The molecule has 4 nitrogen and oxygen atoms in total. The number of carboxylic acid groups (broad SMARTS) is 1.